The molecule has 5 nitrogen and oxygen atoms in total. The summed E-state index contributed by atoms with van der Waals surface area (Å²) in [5.74, 6) is 1.16. The first-order valence-corrected chi connectivity index (χ1v) is 7.85. The largest absolute Gasteiger partial charge is 0.331 e. The minimum Gasteiger partial charge on any atom is -0.331 e. The Bertz CT molecular complexity index is 513. The van der Waals surface area contributed by atoms with Gasteiger partial charge in [0.15, 0.2) is 0 Å². The van der Waals surface area contributed by atoms with E-state index in [0.717, 1.165) is 30.0 Å². The van der Waals surface area contributed by atoms with Crippen LogP contribution in [0.4, 0.5) is 4.79 Å². The molecule has 0 aliphatic carbocycles. The lowest BCUT2D eigenvalue weighted by atomic mass is 9.92. The molecule has 3 unspecified atom stereocenters. The number of nitrogens with zero attached hydrogens (tertiary/aromatic N) is 3. The predicted octanol–water partition coefficient (Wildman–Crippen LogP) is 2.79. The smallest absolute Gasteiger partial charge is 0.317 e. The molecule has 5 heteroatoms. The van der Waals surface area contributed by atoms with Crippen molar-refractivity contribution in [3.63, 3.8) is 0 Å². The Labute approximate surface area is 127 Å². The highest BCUT2D eigenvalue weighted by molar-refractivity contribution is 5.75. The summed E-state index contributed by atoms with van der Waals surface area (Å²) in [6.45, 7) is 12.2. The number of carbonyl (C=O) groups excluding carboxylic acids is 1. The summed E-state index contributed by atoms with van der Waals surface area (Å²) >= 11 is 0. The van der Waals surface area contributed by atoms with Gasteiger partial charge in [-0.05, 0) is 39.0 Å². The molecule has 1 aromatic heterocycles. The summed E-state index contributed by atoms with van der Waals surface area (Å²) in [6.07, 6.45) is 1.21. The Morgan fingerprint density at radius 3 is 2.33 bits per heavy atom. The van der Waals surface area contributed by atoms with Gasteiger partial charge in [0.2, 0.25) is 0 Å². The number of rotatable bonds is 2. The first kappa shape index (κ1) is 15.9. The second-order valence-corrected chi connectivity index (χ2v) is 6.73. The second-order valence-electron chi connectivity index (χ2n) is 6.73. The fourth-order valence-electron chi connectivity index (χ4n) is 3.59. The fraction of sp³-hybridized carbons (Fsp3) is 0.750. The number of hydrogen-bond donors (Lipinski definition) is 1. The molecule has 1 aliphatic rings. The van der Waals surface area contributed by atoms with Crippen molar-refractivity contribution in [2.75, 3.05) is 13.1 Å². The van der Waals surface area contributed by atoms with Crippen LogP contribution in [0.1, 0.15) is 50.2 Å². The van der Waals surface area contributed by atoms with Gasteiger partial charge in [0, 0.05) is 31.4 Å². The molecular formula is C16H28N4O. The summed E-state index contributed by atoms with van der Waals surface area (Å²) in [5.41, 5.74) is 3.23. The normalized spacial score (nSPS) is 24.0. The number of aromatic nitrogens is 2. The van der Waals surface area contributed by atoms with Crippen molar-refractivity contribution >= 4 is 6.03 Å². The fourth-order valence-corrected chi connectivity index (χ4v) is 3.59. The lowest BCUT2D eigenvalue weighted by Gasteiger charge is -2.35. The van der Waals surface area contributed by atoms with E-state index in [2.05, 4.69) is 24.3 Å². The Kier molecular flexibility index (Phi) is 4.59. The van der Waals surface area contributed by atoms with E-state index in [1.165, 1.54) is 6.42 Å². The number of piperidine rings is 1. The van der Waals surface area contributed by atoms with Crippen LogP contribution >= 0.6 is 0 Å². The summed E-state index contributed by atoms with van der Waals surface area (Å²) in [7, 11) is 1.94. The molecule has 0 spiro atoms. The van der Waals surface area contributed by atoms with Gasteiger partial charge in [0.1, 0.15) is 0 Å². The maximum absolute atomic E-state index is 12.5. The quantitative estimate of drug-likeness (QED) is 0.911. The van der Waals surface area contributed by atoms with Gasteiger partial charge in [0.25, 0.3) is 0 Å². The molecule has 2 amide bonds. The molecule has 3 atom stereocenters. The van der Waals surface area contributed by atoms with Crippen LogP contribution in [-0.2, 0) is 7.05 Å². The Morgan fingerprint density at radius 2 is 1.86 bits per heavy atom. The number of hydrogen-bond acceptors (Lipinski definition) is 2. The molecule has 1 saturated heterocycles. The molecular weight excluding hydrogens is 264 g/mol. The van der Waals surface area contributed by atoms with Gasteiger partial charge in [-0.1, -0.05) is 13.8 Å². The topological polar surface area (TPSA) is 50.2 Å². The van der Waals surface area contributed by atoms with Crippen LogP contribution in [0.15, 0.2) is 0 Å². The number of aryl methyl sites for hydroxylation is 2. The van der Waals surface area contributed by atoms with Crippen molar-refractivity contribution in [2.45, 2.75) is 47.1 Å². The molecule has 1 aliphatic heterocycles. The lowest BCUT2D eigenvalue weighted by molar-refractivity contribution is 0.144. The van der Waals surface area contributed by atoms with E-state index in [0.29, 0.717) is 11.8 Å². The van der Waals surface area contributed by atoms with Crippen LogP contribution < -0.4 is 5.32 Å². The molecule has 2 rings (SSSR count). The molecule has 1 N–H and O–H groups in total. The van der Waals surface area contributed by atoms with E-state index in [9.17, 15) is 4.79 Å². The maximum Gasteiger partial charge on any atom is 0.317 e. The van der Waals surface area contributed by atoms with Gasteiger partial charge in [-0.15, -0.1) is 0 Å². The summed E-state index contributed by atoms with van der Waals surface area (Å²) < 4.78 is 1.87. The molecule has 0 radical (unpaired) electrons. The van der Waals surface area contributed by atoms with Crippen LogP contribution in [0.2, 0.25) is 0 Å². The first-order chi connectivity index (χ1) is 9.79. The van der Waals surface area contributed by atoms with Gasteiger partial charge in [-0.2, -0.15) is 5.10 Å². The van der Waals surface area contributed by atoms with Crippen molar-refractivity contribution in [1.82, 2.24) is 20.0 Å². The minimum absolute atomic E-state index is 0.0151. The van der Waals surface area contributed by atoms with Crippen molar-refractivity contribution in [1.29, 1.82) is 0 Å². The third kappa shape index (κ3) is 3.39. The van der Waals surface area contributed by atoms with E-state index < -0.39 is 0 Å². The number of urea groups is 1. The SMILES string of the molecule is Cc1nn(C)c(C)c1C(C)NC(=O)N1CC(C)CC(C)C1. The molecule has 0 aromatic carbocycles. The summed E-state index contributed by atoms with van der Waals surface area (Å²) in [6, 6.07) is 0.0299. The lowest BCUT2D eigenvalue weighted by Crippen LogP contribution is -2.48. The van der Waals surface area contributed by atoms with Crippen molar-refractivity contribution in [2.24, 2.45) is 18.9 Å². The first-order valence-electron chi connectivity index (χ1n) is 7.85. The molecule has 2 heterocycles. The third-order valence-electron chi connectivity index (χ3n) is 4.49. The number of amides is 2. The van der Waals surface area contributed by atoms with E-state index >= 15 is 0 Å². The van der Waals surface area contributed by atoms with Crippen LogP contribution in [0, 0.1) is 25.7 Å². The Balaban J connectivity index is 2.05. The van der Waals surface area contributed by atoms with Crippen LogP contribution in [0.25, 0.3) is 0 Å². The molecule has 1 aromatic rings. The van der Waals surface area contributed by atoms with Crippen molar-refractivity contribution in [3.8, 4) is 0 Å². The van der Waals surface area contributed by atoms with Crippen LogP contribution in [-0.4, -0.2) is 33.8 Å². The van der Waals surface area contributed by atoms with E-state index in [1.54, 1.807) is 0 Å². The Hall–Kier alpha value is -1.52. The zero-order valence-corrected chi connectivity index (χ0v) is 14.1. The highest BCUT2D eigenvalue weighted by Gasteiger charge is 2.27. The summed E-state index contributed by atoms with van der Waals surface area (Å²) in [5, 5.41) is 7.56. The van der Waals surface area contributed by atoms with Gasteiger partial charge < -0.3 is 10.2 Å². The van der Waals surface area contributed by atoms with Crippen LogP contribution in [0.3, 0.4) is 0 Å². The molecule has 21 heavy (non-hydrogen) atoms. The van der Waals surface area contributed by atoms with Gasteiger partial charge in [-0.3, -0.25) is 4.68 Å². The predicted molar refractivity (Wildman–Crippen MR) is 84.1 cm³/mol. The standard InChI is InChI=1S/C16H28N4O/c1-10-7-11(2)9-20(8-10)16(21)17-12(3)15-13(4)18-19(6)14(15)5/h10-12H,7-9H2,1-6H3,(H,17,21). The number of nitrogens with one attached hydrogen (secondary N) is 1. The highest BCUT2D eigenvalue weighted by atomic mass is 16.2. The molecule has 1 fully saturated rings. The monoisotopic (exact) mass is 292 g/mol. The third-order valence-corrected chi connectivity index (χ3v) is 4.49. The van der Waals surface area contributed by atoms with Gasteiger partial charge >= 0.3 is 6.03 Å². The second kappa shape index (κ2) is 6.08. The van der Waals surface area contributed by atoms with Gasteiger partial charge in [-0.25, -0.2) is 4.79 Å². The van der Waals surface area contributed by atoms with Crippen molar-refractivity contribution in [3.05, 3.63) is 17.0 Å². The van der Waals surface area contributed by atoms with Crippen molar-refractivity contribution < 1.29 is 4.79 Å². The highest BCUT2D eigenvalue weighted by Crippen LogP contribution is 2.23. The number of carbonyl (C=O) groups is 1. The average Bonchev–Trinajstić information content (AvgIpc) is 2.61. The van der Waals surface area contributed by atoms with E-state index in [4.69, 9.17) is 0 Å². The Morgan fingerprint density at radius 1 is 1.29 bits per heavy atom. The number of likely N-dealkylation sites (tertiary alicyclic amines) is 1. The molecule has 0 bridgehead atoms. The van der Waals surface area contributed by atoms with E-state index in [-0.39, 0.29) is 12.1 Å². The zero-order chi connectivity index (χ0) is 15.7. The molecule has 118 valence electrons. The van der Waals surface area contributed by atoms with Crippen LogP contribution in [0.5, 0.6) is 0 Å². The van der Waals surface area contributed by atoms with E-state index in [1.807, 2.05) is 37.4 Å². The minimum atomic E-state index is -0.0151. The molecule has 0 saturated carbocycles. The average molecular weight is 292 g/mol. The maximum atomic E-state index is 12.5. The van der Waals surface area contributed by atoms with Gasteiger partial charge in [0.05, 0.1) is 11.7 Å². The summed E-state index contributed by atoms with van der Waals surface area (Å²) in [4.78, 5) is 14.4. The zero-order valence-electron chi connectivity index (χ0n) is 14.1.